The number of anilines is 2. The summed E-state index contributed by atoms with van der Waals surface area (Å²) in [6.45, 7) is 4.53. The number of hydrogen-bond acceptors (Lipinski definition) is 4. The molecule has 158 valence electrons. The lowest BCUT2D eigenvalue weighted by molar-refractivity contribution is -0.124. The zero-order chi connectivity index (χ0) is 21.7. The lowest BCUT2D eigenvalue weighted by atomic mass is 10.1. The largest absolute Gasteiger partial charge is 0.497 e. The predicted octanol–water partition coefficient (Wildman–Crippen LogP) is 3.91. The third-order valence-corrected chi connectivity index (χ3v) is 5.03. The fourth-order valence-corrected chi connectivity index (χ4v) is 3.36. The molecule has 0 aromatic heterocycles. The smallest absolute Gasteiger partial charge is 0.332 e. The molecule has 0 radical (unpaired) electrons. The standard InChI is InChI=1S/C23H27N3O4/c1-16(2)13-14-25-20(15-21(27)24-17-7-5-4-6-8-17)22(28)26(23(25)29)18-9-11-19(30-3)12-10-18/h4-12,16,20H,13-15H2,1-3H3,(H,24,27)/t20-/m0/s1. The molecule has 4 amide bonds. The van der Waals surface area contributed by atoms with Crippen LogP contribution in [0.5, 0.6) is 5.75 Å². The minimum absolute atomic E-state index is 0.0930. The summed E-state index contributed by atoms with van der Waals surface area (Å²) in [6.07, 6.45) is 0.649. The maximum absolute atomic E-state index is 13.2. The van der Waals surface area contributed by atoms with Gasteiger partial charge >= 0.3 is 6.03 Å². The molecular formula is C23H27N3O4. The summed E-state index contributed by atoms with van der Waals surface area (Å²) >= 11 is 0. The fourth-order valence-electron chi connectivity index (χ4n) is 3.36. The van der Waals surface area contributed by atoms with E-state index in [1.807, 2.05) is 18.2 Å². The molecule has 1 fully saturated rings. The number of imide groups is 1. The van der Waals surface area contributed by atoms with Crippen LogP contribution in [0.3, 0.4) is 0 Å². The van der Waals surface area contributed by atoms with Crippen LogP contribution >= 0.6 is 0 Å². The number of amides is 4. The van der Waals surface area contributed by atoms with Crippen LogP contribution in [0.15, 0.2) is 54.6 Å². The van der Waals surface area contributed by atoms with E-state index in [0.29, 0.717) is 29.6 Å². The van der Waals surface area contributed by atoms with Gasteiger partial charge in [0.1, 0.15) is 11.8 Å². The average molecular weight is 409 g/mol. The monoisotopic (exact) mass is 409 g/mol. The summed E-state index contributed by atoms with van der Waals surface area (Å²) in [5.74, 6) is 0.297. The molecule has 0 aliphatic carbocycles. The number of rotatable bonds is 8. The van der Waals surface area contributed by atoms with Gasteiger partial charge in [-0.15, -0.1) is 0 Å². The Morgan fingerprint density at radius 1 is 1.07 bits per heavy atom. The van der Waals surface area contributed by atoms with E-state index in [-0.39, 0.29) is 12.3 Å². The van der Waals surface area contributed by atoms with Crippen molar-refractivity contribution in [3.63, 3.8) is 0 Å². The molecule has 1 aliphatic rings. The number of para-hydroxylation sites is 1. The Morgan fingerprint density at radius 2 is 1.73 bits per heavy atom. The highest BCUT2D eigenvalue weighted by Crippen LogP contribution is 2.29. The summed E-state index contributed by atoms with van der Waals surface area (Å²) in [7, 11) is 1.55. The van der Waals surface area contributed by atoms with E-state index in [1.165, 1.54) is 4.90 Å². The van der Waals surface area contributed by atoms with Gasteiger partial charge in [0.25, 0.3) is 5.91 Å². The summed E-state index contributed by atoms with van der Waals surface area (Å²) in [6, 6.07) is 14.6. The van der Waals surface area contributed by atoms with Crippen molar-refractivity contribution in [1.82, 2.24) is 4.90 Å². The van der Waals surface area contributed by atoms with Crippen LogP contribution < -0.4 is 15.0 Å². The molecule has 1 aliphatic heterocycles. The van der Waals surface area contributed by atoms with Gasteiger partial charge < -0.3 is 15.0 Å². The number of nitrogens with one attached hydrogen (secondary N) is 1. The Bertz CT molecular complexity index is 896. The molecule has 1 atom stereocenters. The molecule has 1 heterocycles. The van der Waals surface area contributed by atoms with Crippen LogP contribution in [-0.4, -0.2) is 42.4 Å². The van der Waals surface area contributed by atoms with Crippen molar-refractivity contribution >= 4 is 29.2 Å². The fraction of sp³-hybridized carbons (Fsp3) is 0.348. The minimum atomic E-state index is -0.831. The van der Waals surface area contributed by atoms with Gasteiger partial charge in [-0.1, -0.05) is 32.0 Å². The number of ether oxygens (including phenoxy) is 1. The normalized spacial score (nSPS) is 16.3. The van der Waals surface area contributed by atoms with Gasteiger partial charge in [0.15, 0.2) is 0 Å². The lowest BCUT2D eigenvalue weighted by Gasteiger charge is -2.22. The van der Waals surface area contributed by atoms with E-state index in [0.717, 1.165) is 11.3 Å². The van der Waals surface area contributed by atoms with Crippen molar-refractivity contribution in [2.75, 3.05) is 23.9 Å². The van der Waals surface area contributed by atoms with Crippen molar-refractivity contribution in [3.05, 3.63) is 54.6 Å². The second kappa shape index (κ2) is 9.43. The van der Waals surface area contributed by atoms with Crippen molar-refractivity contribution in [2.45, 2.75) is 32.7 Å². The van der Waals surface area contributed by atoms with Gasteiger partial charge in [-0.2, -0.15) is 0 Å². The van der Waals surface area contributed by atoms with E-state index < -0.39 is 18.0 Å². The highest BCUT2D eigenvalue weighted by Gasteiger charge is 2.46. The maximum atomic E-state index is 13.2. The van der Waals surface area contributed by atoms with Crippen molar-refractivity contribution in [3.8, 4) is 5.75 Å². The molecule has 0 spiro atoms. The number of hydrogen-bond donors (Lipinski definition) is 1. The van der Waals surface area contributed by atoms with Crippen LogP contribution in [0, 0.1) is 5.92 Å². The third-order valence-electron chi connectivity index (χ3n) is 5.03. The maximum Gasteiger partial charge on any atom is 0.332 e. The van der Waals surface area contributed by atoms with Gasteiger partial charge in [0, 0.05) is 12.2 Å². The molecule has 0 saturated carbocycles. The molecule has 1 N–H and O–H groups in total. The zero-order valence-electron chi connectivity index (χ0n) is 17.5. The van der Waals surface area contributed by atoms with Crippen LogP contribution in [0.4, 0.5) is 16.2 Å². The SMILES string of the molecule is COc1ccc(N2C(=O)[C@H](CC(=O)Nc3ccccc3)N(CCC(C)C)C2=O)cc1. The van der Waals surface area contributed by atoms with Crippen molar-refractivity contribution < 1.29 is 19.1 Å². The highest BCUT2D eigenvalue weighted by molar-refractivity contribution is 6.22. The topological polar surface area (TPSA) is 79.0 Å². The second-order valence-electron chi connectivity index (χ2n) is 7.66. The van der Waals surface area contributed by atoms with Crippen LogP contribution in [-0.2, 0) is 9.59 Å². The Balaban J connectivity index is 1.81. The van der Waals surface area contributed by atoms with E-state index in [1.54, 1.807) is 43.5 Å². The second-order valence-corrected chi connectivity index (χ2v) is 7.66. The van der Waals surface area contributed by atoms with Crippen molar-refractivity contribution in [1.29, 1.82) is 0 Å². The molecule has 0 unspecified atom stereocenters. The quantitative estimate of drug-likeness (QED) is 0.671. The number of methoxy groups -OCH3 is 1. The molecule has 2 aromatic carbocycles. The molecule has 3 rings (SSSR count). The first-order valence-corrected chi connectivity index (χ1v) is 10.0. The summed E-state index contributed by atoms with van der Waals surface area (Å²) in [5.41, 5.74) is 1.12. The molecule has 1 saturated heterocycles. The molecule has 2 aromatic rings. The van der Waals surface area contributed by atoms with Gasteiger partial charge in [-0.25, -0.2) is 9.69 Å². The number of urea groups is 1. The van der Waals surface area contributed by atoms with E-state index in [4.69, 9.17) is 4.74 Å². The Labute approximate surface area is 176 Å². The Hall–Kier alpha value is -3.35. The van der Waals surface area contributed by atoms with Crippen molar-refractivity contribution in [2.24, 2.45) is 5.92 Å². The number of carbonyl (C=O) groups is 3. The summed E-state index contributed by atoms with van der Waals surface area (Å²) in [5, 5.41) is 2.80. The Morgan fingerprint density at radius 3 is 2.33 bits per heavy atom. The molecule has 0 bridgehead atoms. The first-order chi connectivity index (χ1) is 14.4. The number of benzene rings is 2. The van der Waals surface area contributed by atoms with Crippen LogP contribution in [0.1, 0.15) is 26.7 Å². The van der Waals surface area contributed by atoms with E-state index >= 15 is 0 Å². The zero-order valence-corrected chi connectivity index (χ0v) is 17.5. The van der Waals surface area contributed by atoms with Gasteiger partial charge in [0.05, 0.1) is 19.2 Å². The Kier molecular flexibility index (Phi) is 6.72. The first kappa shape index (κ1) is 21.4. The lowest BCUT2D eigenvalue weighted by Crippen LogP contribution is -2.39. The average Bonchev–Trinajstić information content (AvgIpc) is 2.96. The van der Waals surface area contributed by atoms with Crippen LogP contribution in [0.25, 0.3) is 0 Å². The molecule has 30 heavy (non-hydrogen) atoms. The third kappa shape index (κ3) is 4.79. The van der Waals surface area contributed by atoms with E-state index in [2.05, 4.69) is 19.2 Å². The summed E-state index contributed by atoms with van der Waals surface area (Å²) < 4.78 is 5.15. The number of carbonyl (C=O) groups excluding carboxylic acids is 3. The predicted molar refractivity (Wildman–Crippen MR) is 116 cm³/mol. The molecule has 7 nitrogen and oxygen atoms in total. The van der Waals surface area contributed by atoms with Gasteiger partial charge in [-0.3, -0.25) is 9.59 Å². The van der Waals surface area contributed by atoms with E-state index in [9.17, 15) is 14.4 Å². The van der Waals surface area contributed by atoms with Crippen LogP contribution in [0.2, 0.25) is 0 Å². The minimum Gasteiger partial charge on any atom is -0.497 e. The van der Waals surface area contributed by atoms with Gasteiger partial charge in [-0.05, 0) is 48.7 Å². The highest BCUT2D eigenvalue weighted by atomic mass is 16.5. The van der Waals surface area contributed by atoms with Gasteiger partial charge in [0.2, 0.25) is 5.91 Å². The summed E-state index contributed by atoms with van der Waals surface area (Å²) in [4.78, 5) is 41.5. The number of nitrogens with zero attached hydrogens (tertiary/aromatic N) is 2. The first-order valence-electron chi connectivity index (χ1n) is 10.0. The molecular weight excluding hydrogens is 382 g/mol. The molecule has 7 heteroatoms.